The van der Waals surface area contributed by atoms with Crippen molar-refractivity contribution < 1.29 is 14.3 Å². The van der Waals surface area contributed by atoms with Gasteiger partial charge in [0.2, 0.25) is 5.91 Å². The van der Waals surface area contributed by atoms with Crippen molar-refractivity contribution in [2.75, 3.05) is 45.3 Å². The first-order valence-electron chi connectivity index (χ1n) is 10.8. The molecule has 0 saturated carbocycles. The number of hydrogen-bond acceptors (Lipinski definition) is 6. The SMILES string of the molecule is COc1ccc(CCC(=O)N2CCN(c3ccc(-c4ccccc4OC)nn3)CC2)cc1. The summed E-state index contributed by atoms with van der Waals surface area (Å²) in [4.78, 5) is 16.8. The molecule has 1 aliphatic heterocycles. The largest absolute Gasteiger partial charge is 0.497 e. The number of benzene rings is 2. The van der Waals surface area contributed by atoms with E-state index in [-0.39, 0.29) is 5.91 Å². The first-order chi connectivity index (χ1) is 15.7. The van der Waals surface area contributed by atoms with Crippen molar-refractivity contribution in [2.24, 2.45) is 0 Å². The van der Waals surface area contributed by atoms with Crippen LogP contribution < -0.4 is 14.4 Å². The van der Waals surface area contributed by atoms with Crippen LogP contribution in [0.4, 0.5) is 5.82 Å². The molecule has 1 fully saturated rings. The number of methoxy groups -OCH3 is 2. The van der Waals surface area contributed by atoms with Crippen molar-refractivity contribution >= 4 is 11.7 Å². The molecule has 0 unspecified atom stereocenters. The number of aryl methyl sites for hydroxylation is 1. The molecule has 7 nitrogen and oxygen atoms in total. The molecule has 0 N–H and O–H groups in total. The minimum atomic E-state index is 0.193. The van der Waals surface area contributed by atoms with E-state index in [1.54, 1.807) is 14.2 Å². The number of carbonyl (C=O) groups excluding carboxylic acids is 1. The molecular weight excluding hydrogens is 404 g/mol. The fraction of sp³-hybridized carbons (Fsp3) is 0.320. The number of carbonyl (C=O) groups is 1. The number of amides is 1. The molecule has 0 aliphatic carbocycles. The average molecular weight is 433 g/mol. The van der Waals surface area contributed by atoms with Crippen molar-refractivity contribution in [1.82, 2.24) is 15.1 Å². The topological polar surface area (TPSA) is 67.8 Å². The zero-order chi connectivity index (χ0) is 22.3. The molecule has 3 aromatic rings. The Hall–Kier alpha value is -3.61. The normalized spacial score (nSPS) is 13.7. The Morgan fingerprint density at radius 2 is 1.62 bits per heavy atom. The summed E-state index contributed by atoms with van der Waals surface area (Å²) in [5.74, 6) is 2.62. The second-order valence-electron chi connectivity index (χ2n) is 7.69. The Balaban J connectivity index is 1.29. The molecule has 1 saturated heterocycles. The van der Waals surface area contributed by atoms with Crippen LogP contribution in [0.25, 0.3) is 11.3 Å². The summed E-state index contributed by atoms with van der Waals surface area (Å²) in [7, 11) is 3.30. The fourth-order valence-corrected chi connectivity index (χ4v) is 3.88. The van der Waals surface area contributed by atoms with Crippen LogP contribution in [0.5, 0.6) is 11.5 Å². The molecule has 7 heteroatoms. The van der Waals surface area contributed by atoms with Crippen LogP contribution >= 0.6 is 0 Å². The van der Waals surface area contributed by atoms with Crippen molar-refractivity contribution in [3.05, 3.63) is 66.2 Å². The Labute approximate surface area is 188 Å². The molecule has 2 aromatic carbocycles. The molecule has 1 aliphatic rings. The monoisotopic (exact) mass is 432 g/mol. The third-order valence-electron chi connectivity index (χ3n) is 5.78. The van der Waals surface area contributed by atoms with Gasteiger partial charge in [0.15, 0.2) is 5.82 Å². The maximum Gasteiger partial charge on any atom is 0.223 e. The van der Waals surface area contributed by atoms with Crippen LogP contribution in [-0.4, -0.2) is 61.4 Å². The van der Waals surface area contributed by atoms with E-state index in [1.807, 2.05) is 65.6 Å². The van der Waals surface area contributed by atoms with Crippen LogP contribution in [0.15, 0.2) is 60.7 Å². The van der Waals surface area contributed by atoms with Crippen LogP contribution in [-0.2, 0) is 11.2 Å². The molecular formula is C25H28N4O3. The molecule has 32 heavy (non-hydrogen) atoms. The highest BCUT2D eigenvalue weighted by molar-refractivity contribution is 5.76. The lowest BCUT2D eigenvalue weighted by molar-refractivity contribution is -0.131. The third-order valence-corrected chi connectivity index (χ3v) is 5.78. The number of hydrogen-bond donors (Lipinski definition) is 0. The lowest BCUT2D eigenvalue weighted by atomic mass is 10.1. The van der Waals surface area contributed by atoms with Crippen LogP contribution in [0.1, 0.15) is 12.0 Å². The summed E-state index contributed by atoms with van der Waals surface area (Å²) in [5.41, 5.74) is 2.84. The van der Waals surface area contributed by atoms with Gasteiger partial charge in [-0.25, -0.2) is 0 Å². The van der Waals surface area contributed by atoms with E-state index in [4.69, 9.17) is 9.47 Å². The van der Waals surface area contributed by atoms with Gasteiger partial charge < -0.3 is 19.3 Å². The quantitative estimate of drug-likeness (QED) is 0.570. The van der Waals surface area contributed by atoms with E-state index >= 15 is 0 Å². The van der Waals surface area contributed by atoms with Gasteiger partial charge in [0, 0.05) is 38.2 Å². The van der Waals surface area contributed by atoms with Crippen LogP contribution in [0.3, 0.4) is 0 Å². The van der Waals surface area contributed by atoms with Crippen LogP contribution in [0.2, 0.25) is 0 Å². The molecule has 0 spiro atoms. The zero-order valence-electron chi connectivity index (χ0n) is 18.5. The third kappa shape index (κ3) is 4.99. The predicted octanol–water partition coefficient (Wildman–Crippen LogP) is 3.44. The number of rotatable bonds is 7. The maximum absolute atomic E-state index is 12.6. The van der Waals surface area contributed by atoms with Crippen molar-refractivity contribution in [3.8, 4) is 22.8 Å². The van der Waals surface area contributed by atoms with E-state index in [0.717, 1.165) is 53.6 Å². The van der Waals surface area contributed by atoms with E-state index in [2.05, 4.69) is 15.1 Å². The van der Waals surface area contributed by atoms with Crippen molar-refractivity contribution in [3.63, 3.8) is 0 Å². The van der Waals surface area contributed by atoms with Gasteiger partial charge >= 0.3 is 0 Å². The van der Waals surface area contributed by atoms with Crippen LogP contribution in [0, 0.1) is 0 Å². The lowest BCUT2D eigenvalue weighted by Gasteiger charge is -2.35. The van der Waals surface area contributed by atoms with Crippen molar-refractivity contribution in [2.45, 2.75) is 12.8 Å². The Kier molecular flexibility index (Phi) is 6.84. The van der Waals surface area contributed by atoms with Gasteiger partial charge in [-0.05, 0) is 48.4 Å². The lowest BCUT2D eigenvalue weighted by Crippen LogP contribution is -2.49. The Bertz CT molecular complexity index is 1030. The van der Waals surface area contributed by atoms with E-state index in [0.29, 0.717) is 19.5 Å². The van der Waals surface area contributed by atoms with Gasteiger partial charge in [0.05, 0.1) is 19.9 Å². The molecule has 1 aromatic heterocycles. The minimum Gasteiger partial charge on any atom is -0.497 e. The first kappa shape index (κ1) is 21.6. The van der Waals surface area contributed by atoms with Gasteiger partial charge in [-0.3, -0.25) is 4.79 Å². The highest BCUT2D eigenvalue weighted by Gasteiger charge is 2.22. The Morgan fingerprint density at radius 3 is 2.28 bits per heavy atom. The van der Waals surface area contributed by atoms with Gasteiger partial charge in [0.1, 0.15) is 11.5 Å². The standard InChI is InChI=1S/C25H28N4O3/c1-31-20-10-7-19(8-11-20)9-14-25(30)29-17-15-28(16-18-29)24-13-12-22(26-27-24)21-5-3-4-6-23(21)32-2/h3-8,10-13H,9,14-18H2,1-2H3. The predicted molar refractivity (Wildman–Crippen MR) is 124 cm³/mol. The van der Waals surface area contributed by atoms with E-state index in [1.165, 1.54) is 0 Å². The molecule has 0 atom stereocenters. The average Bonchev–Trinajstić information content (AvgIpc) is 2.87. The summed E-state index contributed by atoms with van der Waals surface area (Å²) in [5, 5.41) is 8.82. The number of para-hydroxylation sites is 1. The minimum absolute atomic E-state index is 0.193. The number of aromatic nitrogens is 2. The molecule has 0 radical (unpaired) electrons. The number of ether oxygens (including phenoxy) is 2. The summed E-state index contributed by atoms with van der Waals surface area (Å²) in [6, 6.07) is 19.6. The van der Waals surface area contributed by atoms with E-state index < -0.39 is 0 Å². The Morgan fingerprint density at radius 1 is 0.875 bits per heavy atom. The second-order valence-corrected chi connectivity index (χ2v) is 7.69. The number of nitrogens with zero attached hydrogens (tertiary/aromatic N) is 4. The summed E-state index contributed by atoms with van der Waals surface area (Å²) in [6.07, 6.45) is 1.25. The molecule has 0 bridgehead atoms. The second kappa shape index (κ2) is 10.1. The van der Waals surface area contributed by atoms with Gasteiger partial charge in [-0.1, -0.05) is 24.3 Å². The van der Waals surface area contributed by atoms with E-state index in [9.17, 15) is 4.79 Å². The highest BCUT2D eigenvalue weighted by atomic mass is 16.5. The summed E-state index contributed by atoms with van der Waals surface area (Å²) in [6.45, 7) is 2.88. The highest BCUT2D eigenvalue weighted by Crippen LogP contribution is 2.28. The van der Waals surface area contributed by atoms with Gasteiger partial charge in [-0.15, -0.1) is 10.2 Å². The first-order valence-corrected chi connectivity index (χ1v) is 10.8. The summed E-state index contributed by atoms with van der Waals surface area (Å²) >= 11 is 0. The number of anilines is 1. The summed E-state index contributed by atoms with van der Waals surface area (Å²) < 4.78 is 10.6. The molecule has 166 valence electrons. The molecule has 2 heterocycles. The van der Waals surface area contributed by atoms with Gasteiger partial charge in [-0.2, -0.15) is 0 Å². The zero-order valence-corrected chi connectivity index (χ0v) is 18.5. The molecule has 4 rings (SSSR count). The number of piperazine rings is 1. The van der Waals surface area contributed by atoms with Crippen molar-refractivity contribution in [1.29, 1.82) is 0 Å². The molecule has 1 amide bonds. The smallest absolute Gasteiger partial charge is 0.223 e. The van der Waals surface area contributed by atoms with Gasteiger partial charge in [0.25, 0.3) is 0 Å². The fourth-order valence-electron chi connectivity index (χ4n) is 3.88. The maximum atomic E-state index is 12.6.